The van der Waals surface area contributed by atoms with Crippen molar-refractivity contribution in [3.63, 3.8) is 0 Å². The summed E-state index contributed by atoms with van der Waals surface area (Å²) in [5.74, 6) is 1.55. The number of anilines is 1. The highest BCUT2D eigenvalue weighted by molar-refractivity contribution is 5.76. The van der Waals surface area contributed by atoms with Crippen LogP contribution in [0.25, 0.3) is 0 Å². The first-order valence-electron chi connectivity index (χ1n) is 9.59. The fourth-order valence-electron chi connectivity index (χ4n) is 3.26. The lowest BCUT2D eigenvalue weighted by Gasteiger charge is -2.28. The van der Waals surface area contributed by atoms with Crippen LogP contribution in [0.2, 0.25) is 0 Å². The molecule has 0 atom stereocenters. The lowest BCUT2D eigenvalue weighted by atomic mass is 10.1. The van der Waals surface area contributed by atoms with Crippen LogP contribution in [0.3, 0.4) is 0 Å². The standard InChI is InChI=1S/C22H28N2O4/c1-26-20-8-9-21(27-2)18(15-20)5-10-22(25)23-16-17-3-6-19(7-4-17)24-11-13-28-14-12-24/h3-4,6-9,15H,5,10-14,16H2,1-2H3,(H,23,25). The summed E-state index contributed by atoms with van der Waals surface area (Å²) < 4.78 is 16.0. The van der Waals surface area contributed by atoms with E-state index in [1.807, 2.05) is 18.2 Å². The van der Waals surface area contributed by atoms with Crippen LogP contribution in [0, 0.1) is 0 Å². The van der Waals surface area contributed by atoms with E-state index in [1.54, 1.807) is 14.2 Å². The number of hydrogen-bond donors (Lipinski definition) is 1. The number of amides is 1. The molecule has 1 saturated heterocycles. The van der Waals surface area contributed by atoms with E-state index in [0.29, 0.717) is 19.4 Å². The molecular weight excluding hydrogens is 356 g/mol. The molecule has 28 heavy (non-hydrogen) atoms. The molecule has 6 nitrogen and oxygen atoms in total. The van der Waals surface area contributed by atoms with E-state index in [1.165, 1.54) is 5.69 Å². The molecule has 1 aliphatic rings. The van der Waals surface area contributed by atoms with E-state index in [9.17, 15) is 4.79 Å². The van der Waals surface area contributed by atoms with Crippen molar-refractivity contribution in [2.75, 3.05) is 45.4 Å². The Labute approximate surface area is 166 Å². The summed E-state index contributed by atoms with van der Waals surface area (Å²) in [5.41, 5.74) is 3.25. The molecule has 3 rings (SSSR count). The van der Waals surface area contributed by atoms with Gasteiger partial charge in [0, 0.05) is 31.7 Å². The van der Waals surface area contributed by atoms with E-state index in [2.05, 4.69) is 34.5 Å². The fourth-order valence-corrected chi connectivity index (χ4v) is 3.26. The molecule has 2 aromatic carbocycles. The van der Waals surface area contributed by atoms with Gasteiger partial charge in [-0.25, -0.2) is 0 Å². The second-order valence-electron chi connectivity index (χ2n) is 6.72. The molecule has 150 valence electrons. The number of carbonyl (C=O) groups is 1. The zero-order valence-corrected chi connectivity index (χ0v) is 16.6. The highest BCUT2D eigenvalue weighted by atomic mass is 16.5. The van der Waals surface area contributed by atoms with Crippen LogP contribution in [0.5, 0.6) is 11.5 Å². The molecule has 0 aromatic heterocycles. The number of methoxy groups -OCH3 is 2. The Morgan fingerprint density at radius 2 is 1.82 bits per heavy atom. The number of nitrogens with one attached hydrogen (secondary N) is 1. The van der Waals surface area contributed by atoms with Gasteiger partial charge in [-0.15, -0.1) is 0 Å². The van der Waals surface area contributed by atoms with Gasteiger partial charge in [0.2, 0.25) is 5.91 Å². The minimum atomic E-state index is 0.0159. The summed E-state index contributed by atoms with van der Waals surface area (Å²) in [6.07, 6.45) is 0.998. The van der Waals surface area contributed by atoms with Crippen LogP contribution in [0.4, 0.5) is 5.69 Å². The number of ether oxygens (including phenoxy) is 3. The van der Waals surface area contributed by atoms with Crippen molar-refractivity contribution in [2.24, 2.45) is 0 Å². The second kappa shape index (κ2) is 9.99. The van der Waals surface area contributed by atoms with E-state index in [0.717, 1.165) is 48.9 Å². The van der Waals surface area contributed by atoms with Crippen molar-refractivity contribution >= 4 is 11.6 Å². The van der Waals surface area contributed by atoms with Crippen LogP contribution in [-0.4, -0.2) is 46.4 Å². The van der Waals surface area contributed by atoms with E-state index in [4.69, 9.17) is 14.2 Å². The van der Waals surface area contributed by atoms with Gasteiger partial charge in [-0.05, 0) is 47.9 Å². The van der Waals surface area contributed by atoms with Gasteiger partial charge in [-0.2, -0.15) is 0 Å². The maximum absolute atomic E-state index is 12.3. The molecular formula is C22H28N2O4. The van der Waals surface area contributed by atoms with E-state index < -0.39 is 0 Å². The molecule has 0 bridgehead atoms. The summed E-state index contributed by atoms with van der Waals surface area (Å²) in [4.78, 5) is 14.6. The predicted octanol–water partition coefficient (Wildman–Crippen LogP) is 2.79. The molecule has 0 spiro atoms. The summed E-state index contributed by atoms with van der Waals surface area (Å²) in [6, 6.07) is 14.0. The highest BCUT2D eigenvalue weighted by Crippen LogP contribution is 2.25. The minimum Gasteiger partial charge on any atom is -0.497 e. The van der Waals surface area contributed by atoms with Crippen LogP contribution < -0.4 is 19.7 Å². The first-order valence-corrected chi connectivity index (χ1v) is 9.59. The molecule has 0 aliphatic carbocycles. The maximum Gasteiger partial charge on any atom is 0.220 e. The Hall–Kier alpha value is -2.73. The van der Waals surface area contributed by atoms with Gasteiger partial charge in [0.05, 0.1) is 27.4 Å². The monoisotopic (exact) mass is 384 g/mol. The molecule has 1 heterocycles. The first-order chi connectivity index (χ1) is 13.7. The normalized spacial score (nSPS) is 13.9. The Morgan fingerprint density at radius 1 is 1.07 bits per heavy atom. The number of aryl methyl sites for hydroxylation is 1. The average Bonchev–Trinajstić information content (AvgIpc) is 2.77. The molecule has 1 amide bonds. The van der Waals surface area contributed by atoms with Crippen LogP contribution >= 0.6 is 0 Å². The largest absolute Gasteiger partial charge is 0.497 e. The number of carbonyl (C=O) groups excluding carboxylic acids is 1. The van der Waals surface area contributed by atoms with E-state index >= 15 is 0 Å². The van der Waals surface area contributed by atoms with Crippen molar-refractivity contribution in [3.05, 3.63) is 53.6 Å². The van der Waals surface area contributed by atoms with Gasteiger partial charge < -0.3 is 24.4 Å². The Morgan fingerprint density at radius 3 is 2.50 bits per heavy atom. The van der Waals surface area contributed by atoms with Gasteiger partial charge in [0.1, 0.15) is 11.5 Å². The zero-order valence-electron chi connectivity index (χ0n) is 16.6. The van der Waals surface area contributed by atoms with Gasteiger partial charge >= 0.3 is 0 Å². The third-order valence-corrected chi connectivity index (χ3v) is 4.91. The molecule has 1 N–H and O–H groups in total. The summed E-state index contributed by atoms with van der Waals surface area (Å²) in [6.45, 7) is 3.91. The number of morpholine rings is 1. The van der Waals surface area contributed by atoms with Crippen LogP contribution in [-0.2, 0) is 22.5 Å². The minimum absolute atomic E-state index is 0.0159. The maximum atomic E-state index is 12.3. The molecule has 6 heteroatoms. The third-order valence-electron chi connectivity index (χ3n) is 4.91. The van der Waals surface area contributed by atoms with E-state index in [-0.39, 0.29) is 5.91 Å². The van der Waals surface area contributed by atoms with Crippen molar-refractivity contribution < 1.29 is 19.0 Å². The lowest BCUT2D eigenvalue weighted by Crippen LogP contribution is -2.36. The van der Waals surface area contributed by atoms with Crippen LogP contribution in [0.15, 0.2) is 42.5 Å². The summed E-state index contributed by atoms with van der Waals surface area (Å²) in [7, 11) is 3.26. The average molecular weight is 384 g/mol. The Balaban J connectivity index is 1.48. The summed E-state index contributed by atoms with van der Waals surface area (Å²) >= 11 is 0. The van der Waals surface area contributed by atoms with Crippen molar-refractivity contribution in [2.45, 2.75) is 19.4 Å². The van der Waals surface area contributed by atoms with Gasteiger partial charge in [0.25, 0.3) is 0 Å². The molecule has 1 aliphatic heterocycles. The number of hydrogen-bond acceptors (Lipinski definition) is 5. The molecule has 0 saturated carbocycles. The van der Waals surface area contributed by atoms with Crippen molar-refractivity contribution in [1.82, 2.24) is 5.32 Å². The molecule has 0 radical (unpaired) electrons. The van der Waals surface area contributed by atoms with Crippen molar-refractivity contribution in [1.29, 1.82) is 0 Å². The molecule has 0 unspecified atom stereocenters. The fraction of sp³-hybridized carbons (Fsp3) is 0.409. The third kappa shape index (κ3) is 5.39. The van der Waals surface area contributed by atoms with Gasteiger partial charge in [0.15, 0.2) is 0 Å². The van der Waals surface area contributed by atoms with Crippen molar-refractivity contribution in [3.8, 4) is 11.5 Å². The number of benzene rings is 2. The number of rotatable bonds is 8. The smallest absolute Gasteiger partial charge is 0.220 e. The Bertz CT molecular complexity index is 771. The zero-order chi connectivity index (χ0) is 19.8. The summed E-state index contributed by atoms with van der Waals surface area (Å²) in [5, 5.41) is 2.99. The van der Waals surface area contributed by atoms with Gasteiger partial charge in [-0.1, -0.05) is 12.1 Å². The Kier molecular flexibility index (Phi) is 7.14. The topological polar surface area (TPSA) is 60.0 Å². The molecule has 2 aromatic rings. The SMILES string of the molecule is COc1ccc(OC)c(CCC(=O)NCc2ccc(N3CCOCC3)cc2)c1. The van der Waals surface area contributed by atoms with Crippen LogP contribution in [0.1, 0.15) is 17.5 Å². The van der Waals surface area contributed by atoms with Gasteiger partial charge in [-0.3, -0.25) is 4.79 Å². The first kappa shape index (κ1) is 20.0. The highest BCUT2D eigenvalue weighted by Gasteiger charge is 2.11. The second-order valence-corrected chi connectivity index (χ2v) is 6.72. The molecule has 1 fully saturated rings. The lowest BCUT2D eigenvalue weighted by molar-refractivity contribution is -0.121. The predicted molar refractivity (Wildman–Crippen MR) is 109 cm³/mol. The quantitative estimate of drug-likeness (QED) is 0.758. The number of nitrogens with zero attached hydrogens (tertiary/aromatic N) is 1.